The van der Waals surface area contributed by atoms with E-state index >= 15 is 0 Å². The molecule has 142 heavy (non-hydrogen) atoms. The third kappa shape index (κ3) is 22.6. The molecule has 2 aliphatic heterocycles. The molecule has 2 fully saturated rings. The van der Waals surface area contributed by atoms with Crippen molar-refractivity contribution in [3.63, 3.8) is 0 Å². The lowest BCUT2D eigenvalue weighted by atomic mass is 9.99. The van der Waals surface area contributed by atoms with Gasteiger partial charge in [-0.25, -0.2) is 66.2 Å². The quantitative estimate of drug-likeness (QED) is 0.0424. The molecular formula is C109H95F6N23O4. The summed E-state index contributed by atoms with van der Waals surface area (Å²) in [4.78, 5) is 61.0. The number of pyridine rings is 12. The van der Waals surface area contributed by atoms with Crippen molar-refractivity contribution in [1.29, 1.82) is 0 Å². The second-order valence-corrected chi connectivity index (χ2v) is 34.4. The molecule has 18 heterocycles. The molecule has 22 rings (SSSR count). The number of halogens is 6. The maximum Gasteiger partial charge on any atom is 0.160 e. The van der Waals surface area contributed by atoms with Crippen LogP contribution in [0, 0.1) is 34.9 Å². The zero-order valence-electron chi connectivity index (χ0n) is 77.2. The summed E-state index contributed by atoms with van der Waals surface area (Å²) in [6, 6.07) is 50.3. The minimum Gasteiger partial charge on any atom is -0.396 e. The van der Waals surface area contributed by atoms with Crippen LogP contribution in [0.3, 0.4) is 0 Å². The summed E-state index contributed by atoms with van der Waals surface area (Å²) in [5, 5.41) is 48.8. The minimum absolute atomic E-state index is 0.0432. The number of hydrogen-bond donors (Lipinski definition) is 3. The molecule has 0 amide bonds. The lowest BCUT2D eigenvalue weighted by Crippen LogP contribution is -2.44. The van der Waals surface area contributed by atoms with Gasteiger partial charge < -0.3 is 29.9 Å². The van der Waals surface area contributed by atoms with Crippen LogP contribution in [0.4, 0.5) is 26.3 Å². The number of aryl methyl sites for hydroxylation is 3. The van der Waals surface area contributed by atoms with E-state index in [2.05, 4.69) is 126 Å². The number of aliphatic hydroxyl groups is 3. The van der Waals surface area contributed by atoms with Gasteiger partial charge in [-0.05, 0) is 213 Å². The second-order valence-electron chi connectivity index (χ2n) is 34.4. The zero-order valence-corrected chi connectivity index (χ0v) is 77.2. The molecule has 16 aromatic heterocycles. The smallest absolute Gasteiger partial charge is 0.160 e. The number of rotatable bonds is 26. The highest BCUT2D eigenvalue weighted by atomic mass is 19.1. The molecule has 27 nitrogen and oxygen atoms in total. The fourth-order valence-electron chi connectivity index (χ4n) is 17.3. The number of aliphatic hydroxyl groups excluding tert-OH is 3. The van der Waals surface area contributed by atoms with Crippen LogP contribution in [0.15, 0.2) is 306 Å². The van der Waals surface area contributed by atoms with Crippen LogP contribution < -0.4 is 0 Å². The average molecular weight is 1910 g/mol. The number of aromatic nitrogens is 20. The van der Waals surface area contributed by atoms with Crippen molar-refractivity contribution >= 4 is 44.1 Å². The van der Waals surface area contributed by atoms with Gasteiger partial charge >= 0.3 is 0 Å². The van der Waals surface area contributed by atoms with Gasteiger partial charge in [-0.3, -0.25) is 43.6 Å². The number of ether oxygens (including phenoxy) is 1. The molecule has 0 bridgehead atoms. The maximum atomic E-state index is 14.6. The summed E-state index contributed by atoms with van der Waals surface area (Å²) in [5.41, 5.74) is 18.5. The summed E-state index contributed by atoms with van der Waals surface area (Å²) in [6.45, 7) is 12.6. The van der Waals surface area contributed by atoms with Gasteiger partial charge in [0.05, 0.1) is 80.0 Å². The summed E-state index contributed by atoms with van der Waals surface area (Å²) in [6.07, 6.45) is 37.6. The molecule has 2 aliphatic rings. The SMILES string of the molecule is CN1CCN(CCCn2cc(-c3cncc(-c4cc(-c5ccccc5F)nc5ncccc45)c3)cn2)CC1.Fc1ccccc1-c1cc(-c2cncc(-c3cnn(CCCN4CCOCC4)c3)c2)c2cccnc2n1.OCC(O)Cn1cc(-c2cncc(-c3cc(-c4cc(F)ccc4F)nc4ncccc34)c2)cn1.OCCCn1cc(-c2cncc(-c3cc(-c4cc(F)ccc4F)nc4ncccc34)c2)cn1. The zero-order chi connectivity index (χ0) is 97.4. The van der Waals surface area contributed by atoms with E-state index in [1.165, 1.54) is 12.1 Å². The Balaban J connectivity index is 0.000000120. The van der Waals surface area contributed by atoms with Crippen LogP contribution in [-0.2, 0) is 30.9 Å². The lowest BCUT2D eigenvalue weighted by molar-refractivity contribution is 0.0368. The molecule has 20 aromatic rings. The molecule has 2 saturated heterocycles. The van der Waals surface area contributed by atoms with Gasteiger partial charge in [0.25, 0.3) is 0 Å². The summed E-state index contributed by atoms with van der Waals surface area (Å²) >= 11 is 0. The molecular weight excluding hydrogens is 1810 g/mol. The number of piperazine rings is 1. The monoisotopic (exact) mass is 1900 g/mol. The minimum atomic E-state index is -0.908. The highest BCUT2D eigenvalue weighted by Crippen LogP contribution is 2.41. The Morgan fingerprint density at radius 1 is 0.310 bits per heavy atom. The first-order valence-electron chi connectivity index (χ1n) is 46.5. The van der Waals surface area contributed by atoms with E-state index in [0.717, 1.165) is 233 Å². The molecule has 33 heteroatoms. The predicted molar refractivity (Wildman–Crippen MR) is 533 cm³/mol. The van der Waals surface area contributed by atoms with E-state index in [9.17, 15) is 31.4 Å². The molecule has 3 N–H and O–H groups in total. The largest absolute Gasteiger partial charge is 0.396 e. The van der Waals surface area contributed by atoms with Crippen molar-refractivity contribution in [2.24, 2.45) is 0 Å². The summed E-state index contributed by atoms with van der Waals surface area (Å²) in [5.74, 6) is -2.88. The number of morpholine rings is 1. The van der Waals surface area contributed by atoms with Gasteiger partial charge in [0.2, 0.25) is 0 Å². The van der Waals surface area contributed by atoms with E-state index in [-0.39, 0.29) is 53.9 Å². The van der Waals surface area contributed by atoms with Crippen molar-refractivity contribution in [2.75, 3.05) is 85.8 Å². The Bertz CT molecular complexity index is 7840. The topological polar surface area (TPSA) is 306 Å². The molecule has 0 aliphatic carbocycles. The first-order valence-corrected chi connectivity index (χ1v) is 46.5. The fourth-order valence-corrected chi connectivity index (χ4v) is 17.3. The van der Waals surface area contributed by atoms with Gasteiger partial charge in [0.15, 0.2) is 22.6 Å². The molecule has 4 aromatic carbocycles. The van der Waals surface area contributed by atoms with Crippen molar-refractivity contribution in [3.8, 4) is 134 Å². The van der Waals surface area contributed by atoms with E-state index < -0.39 is 29.4 Å². The Kier molecular flexibility index (Phi) is 29.6. The van der Waals surface area contributed by atoms with Crippen LogP contribution >= 0.6 is 0 Å². The average Bonchev–Trinajstić information content (AvgIpc) is 0.848. The maximum absolute atomic E-state index is 14.6. The molecule has 1 atom stereocenters. The Morgan fingerprint density at radius 2 is 0.634 bits per heavy atom. The van der Waals surface area contributed by atoms with Gasteiger partial charge in [0, 0.05) is 282 Å². The predicted octanol–water partition coefficient (Wildman–Crippen LogP) is 18.8. The van der Waals surface area contributed by atoms with Crippen molar-refractivity contribution < 1.29 is 46.4 Å². The van der Waals surface area contributed by atoms with E-state index in [0.29, 0.717) is 63.6 Å². The highest BCUT2D eigenvalue weighted by molar-refractivity contribution is 5.99. The number of likely N-dealkylation sites (N-methyl/N-ethyl adjacent to an activating group) is 1. The molecule has 712 valence electrons. The molecule has 0 radical (unpaired) electrons. The number of benzene rings is 4. The standard InChI is InChI=1S/C30H30FN7.C29H27FN6O.C25H19F2N5O2.C25H19F2N5O/c1-36-12-14-37(15-13-36)10-5-11-38-21-24(20-34-38)22-16-23(19-32-18-22)27-17-29(26-6-2-3-8-28(26)31)35-30-25(27)7-4-9-33-30;30-27-7-2-1-5-25(27)28-16-26(24-6-3-8-32-29(24)34-28)22-15-21(17-31-18-22)23-19-33-36(20-23)10-4-9-35-11-13-37-14-12-35;26-18-3-4-23(27)22(7-18)24-8-21(20-2-1-5-29-25(20)31-24)16-6-15(9-28-10-16)17-11-30-32(12-17)13-19(34)14-33;26-19-4-5-23(27)22(10-19)24-11-21(20-3-1-6-29-25(20)31-24)17-9-16(12-28-13-17)18-14-30-32(15-18)7-2-8-33/h2-4,6-9,16-21H,5,10-15H2,1H3;1-3,5-8,15-20H,4,9-14H2;1-12,19,33-34H,13-14H2;1,3-6,9-15,33H,2,7-8H2. The Morgan fingerprint density at radius 3 is 0.993 bits per heavy atom. The van der Waals surface area contributed by atoms with Crippen LogP contribution in [0.2, 0.25) is 0 Å². The lowest BCUT2D eigenvalue weighted by Gasteiger charge is -2.32. The summed E-state index contributed by atoms with van der Waals surface area (Å²) < 4.78 is 98.7. The third-order valence-corrected chi connectivity index (χ3v) is 24.7. The number of hydrogen-bond acceptors (Lipinski definition) is 23. The normalized spacial score (nSPS) is 13.2. The van der Waals surface area contributed by atoms with E-state index in [4.69, 9.17) is 14.9 Å². The van der Waals surface area contributed by atoms with Crippen molar-refractivity contribution in [3.05, 3.63) is 341 Å². The van der Waals surface area contributed by atoms with Crippen LogP contribution in [0.5, 0.6) is 0 Å². The van der Waals surface area contributed by atoms with Gasteiger partial charge in [-0.1, -0.05) is 24.3 Å². The fraction of sp³-hybridized carbons (Fsp3) is 0.193. The molecule has 0 spiro atoms. The highest BCUT2D eigenvalue weighted by Gasteiger charge is 2.24. The van der Waals surface area contributed by atoms with Gasteiger partial charge in [-0.15, -0.1) is 0 Å². The van der Waals surface area contributed by atoms with E-state index in [1.54, 1.807) is 126 Å². The van der Waals surface area contributed by atoms with Crippen molar-refractivity contribution in [1.82, 2.24) is 114 Å². The van der Waals surface area contributed by atoms with Crippen LogP contribution in [0.25, 0.3) is 178 Å². The second kappa shape index (κ2) is 44.3. The molecule has 1 unspecified atom stereocenters. The number of nitrogens with zero attached hydrogens (tertiary/aromatic N) is 23. The first-order chi connectivity index (χ1) is 69.5. The first kappa shape index (κ1) is 94.8. The van der Waals surface area contributed by atoms with E-state index in [1.807, 2.05) is 126 Å². The summed E-state index contributed by atoms with van der Waals surface area (Å²) in [7, 11) is 2.18. The molecule has 0 saturated carbocycles. The van der Waals surface area contributed by atoms with Crippen LogP contribution in [0.1, 0.15) is 19.3 Å². The Hall–Kier alpha value is -16.1. The third-order valence-electron chi connectivity index (χ3n) is 24.7. The van der Waals surface area contributed by atoms with Crippen LogP contribution in [-0.4, -0.2) is 221 Å². The van der Waals surface area contributed by atoms with Gasteiger partial charge in [0.1, 0.15) is 34.9 Å². The number of fused-ring (bicyclic) bond motifs is 4. The Labute approximate surface area is 812 Å². The van der Waals surface area contributed by atoms with Gasteiger partial charge in [-0.2, -0.15) is 20.4 Å². The van der Waals surface area contributed by atoms with Crippen molar-refractivity contribution in [2.45, 2.75) is 51.5 Å².